The van der Waals surface area contributed by atoms with Crippen LogP contribution in [0.25, 0.3) is 10.9 Å². The monoisotopic (exact) mass is 359 g/mol. The fraction of sp³-hybridized carbons (Fsp3) is 0.111. The van der Waals surface area contributed by atoms with Crippen LogP contribution in [0.15, 0.2) is 54.7 Å². The topological polar surface area (TPSA) is 54.0 Å². The van der Waals surface area contributed by atoms with E-state index in [0.717, 1.165) is 10.9 Å². The number of hydrogen-bond acceptors (Lipinski definition) is 3. The molecule has 0 saturated carbocycles. The Labute approximate surface area is 149 Å². The zero-order chi connectivity index (χ0) is 16.9. The highest BCUT2D eigenvalue weighted by molar-refractivity contribution is 6.35. The number of carbonyl (C=O) groups is 1. The van der Waals surface area contributed by atoms with E-state index in [1.165, 1.54) is 0 Å². The molecule has 0 spiro atoms. The summed E-state index contributed by atoms with van der Waals surface area (Å²) >= 11 is 12.0. The van der Waals surface area contributed by atoms with Gasteiger partial charge in [0.05, 0.1) is 21.9 Å². The van der Waals surface area contributed by atoms with E-state index in [1.54, 1.807) is 24.4 Å². The second kappa shape index (κ2) is 7.51. The maximum Gasteiger partial charge on any atom is 0.226 e. The summed E-state index contributed by atoms with van der Waals surface area (Å²) in [6.07, 6.45) is 2.01. The lowest BCUT2D eigenvalue weighted by Gasteiger charge is -2.10. The van der Waals surface area contributed by atoms with Crippen LogP contribution in [-0.4, -0.2) is 17.4 Å². The van der Waals surface area contributed by atoms with Crippen molar-refractivity contribution in [3.8, 4) is 0 Å². The average Bonchev–Trinajstić information content (AvgIpc) is 2.58. The number of carbonyl (C=O) groups excluding carboxylic acids is 1. The van der Waals surface area contributed by atoms with Crippen LogP contribution in [0.2, 0.25) is 10.0 Å². The highest BCUT2D eigenvalue weighted by Gasteiger charge is 2.07. The Morgan fingerprint density at radius 3 is 2.75 bits per heavy atom. The van der Waals surface area contributed by atoms with Crippen LogP contribution >= 0.6 is 23.2 Å². The van der Waals surface area contributed by atoms with E-state index in [1.807, 2.05) is 30.3 Å². The minimum atomic E-state index is -0.0983. The molecule has 2 N–H and O–H groups in total. The number of nitrogens with zero attached hydrogens (tertiary/aromatic N) is 1. The number of aromatic nitrogens is 1. The fourth-order valence-corrected chi connectivity index (χ4v) is 2.72. The number of nitrogens with one attached hydrogen (secondary N) is 2. The second-order valence-corrected chi connectivity index (χ2v) is 6.07. The molecule has 4 nitrogen and oxygen atoms in total. The number of benzene rings is 2. The lowest BCUT2D eigenvalue weighted by atomic mass is 10.2. The van der Waals surface area contributed by atoms with Crippen molar-refractivity contribution in [2.45, 2.75) is 6.42 Å². The summed E-state index contributed by atoms with van der Waals surface area (Å²) in [6.45, 7) is 0.449. The van der Waals surface area contributed by atoms with Crippen molar-refractivity contribution in [3.63, 3.8) is 0 Å². The van der Waals surface area contributed by atoms with Crippen LogP contribution in [0.3, 0.4) is 0 Å². The van der Waals surface area contributed by atoms with Crippen LogP contribution in [0.5, 0.6) is 0 Å². The van der Waals surface area contributed by atoms with Crippen molar-refractivity contribution >= 4 is 51.4 Å². The smallest absolute Gasteiger partial charge is 0.226 e. The summed E-state index contributed by atoms with van der Waals surface area (Å²) in [5, 5.41) is 8.16. The number of rotatable bonds is 5. The van der Waals surface area contributed by atoms with Gasteiger partial charge in [-0.1, -0.05) is 41.4 Å². The predicted octanol–water partition coefficient (Wildman–Crippen LogP) is 4.98. The molecule has 0 unspecified atom stereocenters. The number of halogens is 2. The summed E-state index contributed by atoms with van der Waals surface area (Å²) in [5.74, 6) is -0.0983. The SMILES string of the molecule is O=C(CCNc1cc(Cl)ccc1Cl)Nc1cccc2cccnc12. The zero-order valence-corrected chi connectivity index (χ0v) is 14.2. The Bertz CT molecular complexity index is 878. The minimum absolute atomic E-state index is 0.0983. The highest BCUT2D eigenvalue weighted by atomic mass is 35.5. The molecule has 1 heterocycles. The van der Waals surface area contributed by atoms with Gasteiger partial charge in [-0.05, 0) is 30.3 Å². The van der Waals surface area contributed by atoms with Gasteiger partial charge in [0.25, 0.3) is 0 Å². The van der Waals surface area contributed by atoms with E-state index < -0.39 is 0 Å². The van der Waals surface area contributed by atoms with Gasteiger partial charge in [-0.25, -0.2) is 0 Å². The standard InChI is InChI=1S/C18H15Cl2N3O/c19-13-6-7-14(20)16(11-13)21-10-8-17(24)23-15-5-1-3-12-4-2-9-22-18(12)15/h1-7,9,11,21H,8,10H2,(H,23,24). The molecule has 1 aromatic heterocycles. The minimum Gasteiger partial charge on any atom is -0.383 e. The third-order valence-electron chi connectivity index (χ3n) is 3.50. The third kappa shape index (κ3) is 3.96. The molecular weight excluding hydrogens is 345 g/mol. The van der Waals surface area contributed by atoms with E-state index in [4.69, 9.17) is 23.2 Å². The van der Waals surface area contributed by atoms with Crippen molar-refractivity contribution < 1.29 is 4.79 Å². The molecule has 0 atom stereocenters. The van der Waals surface area contributed by atoms with E-state index in [9.17, 15) is 4.79 Å². The molecule has 1 amide bonds. The molecule has 0 aliphatic carbocycles. The zero-order valence-electron chi connectivity index (χ0n) is 12.7. The molecule has 0 radical (unpaired) electrons. The van der Waals surface area contributed by atoms with Crippen LogP contribution < -0.4 is 10.6 Å². The predicted molar refractivity (Wildman–Crippen MR) is 99.9 cm³/mol. The molecule has 0 fully saturated rings. The van der Waals surface area contributed by atoms with Crippen molar-refractivity contribution in [3.05, 3.63) is 64.8 Å². The lowest BCUT2D eigenvalue weighted by Crippen LogP contribution is -2.16. The maximum atomic E-state index is 12.2. The molecule has 0 saturated heterocycles. The Kier molecular flexibility index (Phi) is 5.18. The van der Waals surface area contributed by atoms with Gasteiger partial charge in [0.15, 0.2) is 0 Å². The first-order chi connectivity index (χ1) is 11.6. The molecule has 0 aliphatic heterocycles. The molecule has 0 bridgehead atoms. The van der Waals surface area contributed by atoms with Gasteiger partial charge in [0.1, 0.15) is 0 Å². The van der Waals surface area contributed by atoms with E-state index >= 15 is 0 Å². The van der Waals surface area contributed by atoms with Crippen molar-refractivity contribution in [1.29, 1.82) is 0 Å². The fourth-order valence-electron chi connectivity index (χ4n) is 2.36. The summed E-state index contributed by atoms with van der Waals surface area (Å²) in [7, 11) is 0. The van der Waals surface area contributed by atoms with Gasteiger partial charge in [-0.3, -0.25) is 9.78 Å². The quantitative estimate of drug-likeness (QED) is 0.675. The Balaban J connectivity index is 1.60. The van der Waals surface area contributed by atoms with E-state index in [-0.39, 0.29) is 5.91 Å². The number of hydrogen-bond donors (Lipinski definition) is 2. The molecule has 122 valence electrons. The Hall–Kier alpha value is -2.30. The third-order valence-corrected chi connectivity index (χ3v) is 4.07. The Morgan fingerprint density at radius 1 is 1.04 bits per heavy atom. The first-order valence-corrected chi connectivity index (χ1v) is 8.21. The average molecular weight is 360 g/mol. The first-order valence-electron chi connectivity index (χ1n) is 7.46. The van der Waals surface area contributed by atoms with Crippen molar-refractivity contribution in [2.24, 2.45) is 0 Å². The number of para-hydroxylation sites is 1. The number of fused-ring (bicyclic) bond motifs is 1. The van der Waals surface area contributed by atoms with Gasteiger partial charge in [0.2, 0.25) is 5.91 Å². The van der Waals surface area contributed by atoms with Crippen molar-refractivity contribution in [1.82, 2.24) is 4.98 Å². The summed E-state index contributed by atoms with van der Waals surface area (Å²) in [5.41, 5.74) is 2.20. The van der Waals surface area contributed by atoms with E-state index in [2.05, 4.69) is 15.6 Å². The van der Waals surface area contributed by atoms with E-state index in [0.29, 0.717) is 34.4 Å². The Morgan fingerprint density at radius 2 is 1.88 bits per heavy atom. The molecule has 0 aliphatic rings. The van der Waals surface area contributed by atoms with Gasteiger partial charge in [-0.15, -0.1) is 0 Å². The lowest BCUT2D eigenvalue weighted by molar-refractivity contribution is -0.115. The van der Waals surface area contributed by atoms with Gasteiger partial charge in [-0.2, -0.15) is 0 Å². The van der Waals surface area contributed by atoms with Gasteiger partial charge >= 0.3 is 0 Å². The maximum absolute atomic E-state index is 12.2. The molecule has 6 heteroatoms. The summed E-state index contributed by atoms with van der Waals surface area (Å²) in [4.78, 5) is 16.5. The van der Waals surface area contributed by atoms with Gasteiger partial charge < -0.3 is 10.6 Å². The number of anilines is 2. The second-order valence-electron chi connectivity index (χ2n) is 5.23. The van der Waals surface area contributed by atoms with Crippen LogP contribution in [-0.2, 0) is 4.79 Å². The van der Waals surface area contributed by atoms with Crippen LogP contribution in [0.1, 0.15) is 6.42 Å². The normalized spacial score (nSPS) is 10.6. The summed E-state index contributed by atoms with van der Waals surface area (Å²) < 4.78 is 0. The molecular formula is C18H15Cl2N3O. The number of amides is 1. The largest absolute Gasteiger partial charge is 0.383 e. The van der Waals surface area contributed by atoms with Crippen LogP contribution in [0, 0.1) is 0 Å². The van der Waals surface area contributed by atoms with Crippen molar-refractivity contribution in [2.75, 3.05) is 17.2 Å². The first kappa shape index (κ1) is 16.6. The molecule has 2 aromatic carbocycles. The molecule has 3 aromatic rings. The van der Waals surface area contributed by atoms with Crippen LogP contribution in [0.4, 0.5) is 11.4 Å². The summed E-state index contributed by atoms with van der Waals surface area (Å²) in [6, 6.07) is 14.7. The molecule has 24 heavy (non-hydrogen) atoms. The van der Waals surface area contributed by atoms with Gasteiger partial charge in [0, 0.05) is 29.6 Å². The molecule has 3 rings (SSSR count). The highest BCUT2D eigenvalue weighted by Crippen LogP contribution is 2.25. The number of pyridine rings is 1.